The summed E-state index contributed by atoms with van der Waals surface area (Å²) in [6.45, 7) is 6.13. The van der Waals surface area contributed by atoms with E-state index in [-0.39, 0.29) is 11.1 Å². The summed E-state index contributed by atoms with van der Waals surface area (Å²) in [5.74, 6) is -0.261. The van der Waals surface area contributed by atoms with E-state index >= 15 is 0 Å². The first kappa shape index (κ1) is 11.5. The fourth-order valence-electron chi connectivity index (χ4n) is 1.08. The number of hydrogen-bond acceptors (Lipinski definition) is 3. The van der Waals surface area contributed by atoms with Crippen molar-refractivity contribution >= 4 is 11.8 Å². The normalized spacial score (nSPS) is 11.2. The first-order valence-corrected chi connectivity index (χ1v) is 4.75. The van der Waals surface area contributed by atoms with E-state index in [0.717, 1.165) is 0 Å². The van der Waals surface area contributed by atoms with Gasteiger partial charge >= 0.3 is 5.97 Å². The molecule has 0 aliphatic rings. The summed E-state index contributed by atoms with van der Waals surface area (Å²) in [6.07, 6.45) is 1.51. The van der Waals surface area contributed by atoms with Gasteiger partial charge in [-0.3, -0.25) is 0 Å². The Morgan fingerprint density at radius 3 is 2.53 bits per heavy atom. The van der Waals surface area contributed by atoms with E-state index in [2.05, 4.69) is 4.98 Å². The summed E-state index contributed by atoms with van der Waals surface area (Å²) in [5, 5.41) is 8.85. The number of carboxylic acid groups (broad SMARTS) is 1. The van der Waals surface area contributed by atoms with Crippen molar-refractivity contribution in [3.8, 4) is 0 Å². The lowest BCUT2D eigenvalue weighted by Gasteiger charge is -2.33. The Morgan fingerprint density at radius 1 is 1.47 bits per heavy atom. The molecule has 0 spiro atoms. The van der Waals surface area contributed by atoms with Gasteiger partial charge < -0.3 is 10.0 Å². The zero-order chi connectivity index (χ0) is 11.6. The molecule has 4 heteroatoms. The molecular formula is C11H16N2O2. The number of aromatic carboxylic acids is 1. The van der Waals surface area contributed by atoms with Crippen molar-refractivity contribution in [3.63, 3.8) is 0 Å². The van der Waals surface area contributed by atoms with Crippen molar-refractivity contribution in [3.05, 3.63) is 23.9 Å². The minimum atomic E-state index is -0.930. The van der Waals surface area contributed by atoms with Crippen LogP contribution in [-0.4, -0.2) is 28.6 Å². The Balaban J connectivity index is 3.06. The highest BCUT2D eigenvalue weighted by Gasteiger charge is 2.19. The molecule has 0 saturated carbocycles. The molecule has 0 amide bonds. The summed E-state index contributed by atoms with van der Waals surface area (Å²) in [4.78, 5) is 16.9. The smallest absolute Gasteiger partial charge is 0.335 e. The van der Waals surface area contributed by atoms with Crippen LogP contribution in [-0.2, 0) is 0 Å². The lowest BCUT2D eigenvalue weighted by atomic mass is 10.1. The SMILES string of the molecule is CN(c1cc(C(=O)O)ccn1)C(C)(C)C. The molecule has 0 saturated heterocycles. The maximum atomic E-state index is 10.8. The maximum absolute atomic E-state index is 10.8. The van der Waals surface area contributed by atoms with Crippen LogP contribution < -0.4 is 4.90 Å². The van der Waals surface area contributed by atoms with Gasteiger partial charge in [0.05, 0.1) is 5.56 Å². The highest BCUT2D eigenvalue weighted by Crippen LogP contribution is 2.19. The summed E-state index contributed by atoms with van der Waals surface area (Å²) < 4.78 is 0. The van der Waals surface area contributed by atoms with Gasteiger partial charge in [-0.2, -0.15) is 0 Å². The predicted molar refractivity (Wildman–Crippen MR) is 59.4 cm³/mol. The second kappa shape index (κ2) is 3.88. The molecule has 1 aromatic heterocycles. The number of rotatable bonds is 2. The number of carboxylic acids is 1. The van der Waals surface area contributed by atoms with E-state index in [1.54, 1.807) is 6.07 Å². The number of nitrogens with zero attached hydrogens (tertiary/aromatic N) is 2. The van der Waals surface area contributed by atoms with Gasteiger partial charge in [0.1, 0.15) is 5.82 Å². The lowest BCUT2D eigenvalue weighted by Crippen LogP contribution is -2.38. The maximum Gasteiger partial charge on any atom is 0.335 e. The topological polar surface area (TPSA) is 53.4 Å². The predicted octanol–water partition coefficient (Wildman–Crippen LogP) is 2.01. The zero-order valence-electron chi connectivity index (χ0n) is 9.48. The van der Waals surface area contributed by atoms with Crippen LogP contribution in [0.15, 0.2) is 18.3 Å². The first-order chi connectivity index (χ1) is 6.82. The largest absolute Gasteiger partial charge is 0.478 e. The number of hydrogen-bond donors (Lipinski definition) is 1. The molecule has 0 radical (unpaired) electrons. The molecule has 0 unspecified atom stereocenters. The zero-order valence-corrected chi connectivity index (χ0v) is 9.48. The summed E-state index contributed by atoms with van der Waals surface area (Å²) in [5.41, 5.74) is 0.181. The third kappa shape index (κ3) is 2.68. The van der Waals surface area contributed by atoms with Gasteiger partial charge in [0.25, 0.3) is 0 Å². The van der Waals surface area contributed by atoms with Gasteiger partial charge in [0.15, 0.2) is 0 Å². The highest BCUT2D eigenvalue weighted by molar-refractivity contribution is 5.88. The van der Waals surface area contributed by atoms with E-state index in [1.807, 2.05) is 32.7 Å². The van der Waals surface area contributed by atoms with Gasteiger partial charge in [-0.1, -0.05) is 0 Å². The van der Waals surface area contributed by atoms with Crippen molar-refractivity contribution in [1.82, 2.24) is 4.98 Å². The molecule has 0 aliphatic heterocycles. The van der Waals surface area contributed by atoms with Gasteiger partial charge in [-0.05, 0) is 32.9 Å². The number of carbonyl (C=O) groups is 1. The van der Waals surface area contributed by atoms with Crippen LogP contribution in [0.25, 0.3) is 0 Å². The van der Waals surface area contributed by atoms with Crippen molar-refractivity contribution in [2.75, 3.05) is 11.9 Å². The van der Waals surface area contributed by atoms with Crippen LogP contribution in [0.5, 0.6) is 0 Å². The van der Waals surface area contributed by atoms with E-state index < -0.39 is 5.97 Å². The van der Waals surface area contributed by atoms with Crippen LogP contribution in [0.1, 0.15) is 31.1 Å². The molecule has 0 atom stereocenters. The molecule has 1 rings (SSSR count). The van der Waals surface area contributed by atoms with Crippen molar-refractivity contribution in [1.29, 1.82) is 0 Å². The average molecular weight is 208 g/mol. The number of aromatic nitrogens is 1. The van der Waals surface area contributed by atoms with Crippen LogP contribution in [0, 0.1) is 0 Å². The fraction of sp³-hybridized carbons (Fsp3) is 0.455. The van der Waals surface area contributed by atoms with E-state index in [9.17, 15) is 4.79 Å². The minimum Gasteiger partial charge on any atom is -0.478 e. The molecule has 1 heterocycles. The lowest BCUT2D eigenvalue weighted by molar-refractivity contribution is 0.0696. The van der Waals surface area contributed by atoms with Gasteiger partial charge in [0.2, 0.25) is 0 Å². The van der Waals surface area contributed by atoms with E-state index in [4.69, 9.17) is 5.11 Å². The molecule has 15 heavy (non-hydrogen) atoms. The molecule has 4 nitrogen and oxygen atoms in total. The molecular weight excluding hydrogens is 192 g/mol. The molecule has 0 aliphatic carbocycles. The second-order valence-corrected chi connectivity index (χ2v) is 4.44. The Bertz CT molecular complexity index is 369. The molecule has 0 fully saturated rings. The highest BCUT2D eigenvalue weighted by atomic mass is 16.4. The van der Waals surface area contributed by atoms with Gasteiger partial charge in [-0.15, -0.1) is 0 Å². The number of pyridine rings is 1. The van der Waals surface area contributed by atoms with Gasteiger partial charge in [-0.25, -0.2) is 9.78 Å². The van der Waals surface area contributed by atoms with E-state index in [1.165, 1.54) is 12.3 Å². The number of anilines is 1. The monoisotopic (exact) mass is 208 g/mol. The average Bonchev–Trinajstić information content (AvgIpc) is 2.15. The standard InChI is InChI=1S/C11H16N2O2/c1-11(2,3)13(4)9-7-8(10(14)15)5-6-12-9/h5-7H,1-4H3,(H,14,15). The third-order valence-corrected chi connectivity index (χ3v) is 2.34. The van der Waals surface area contributed by atoms with E-state index in [0.29, 0.717) is 5.82 Å². The Kier molecular flexibility index (Phi) is 2.98. The molecule has 0 aromatic carbocycles. The quantitative estimate of drug-likeness (QED) is 0.807. The van der Waals surface area contributed by atoms with Crippen LogP contribution in [0.3, 0.4) is 0 Å². The minimum absolute atomic E-state index is 0.0792. The molecule has 82 valence electrons. The van der Waals surface area contributed by atoms with Crippen LogP contribution in [0.4, 0.5) is 5.82 Å². The third-order valence-electron chi connectivity index (χ3n) is 2.34. The van der Waals surface area contributed by atoms with Crippen LogP contribution >= 0.6 is 0 Å². The summed E-state index contributed by atoms with van der Waals surface area (Å²) in [6, 6.07) is 3.07. The molecule has 1 aromatic rings. The Hall–Kier alpha value is -1.58. The van der Waals surface area contributed by atoms with Crippen molar-refractivity contribution in [2.45, 2.75) is 26.3 Å². The van der Waals surface area contributed by atoms with Crippen LogP contribution in [0.2, 0.25) is 0 Å². The molecule has 0 bridgehead atoms. The van der Waals surface area contributed by atoms with Crippen molar-refractivity contribution in [2.24, 2.45) is 0 Å². The molecule has 1 N–H and O–H groups in total. The second-order valence-electron chi connectivity index (χ2n) is 4.44. The first-order valence-electron chi connectivity index (χ1n) is 4.75. The Morgan fingerprint density at radius 2 is 2.07 bits per heavy atom. The Labute approximate surface area is 89.6 Å². The van der Waals surface area contributed by atoms with Crippen molar-refractivity contribution < 1.29 is 9.90 Å². The van der Waals surface area contributed by atoms with Gasteiger partial charge in [0, 0.05) is 18.8 Å². The fourth-order valence-corrected chi connectivity index (χ4v) is 1.08. The summed E-state index contributed by atoms with van der Waals surface area (Å²) in [7, 11) is 1.90. The summed E-state index contributed by atoms with van der Waals surface area (Å²) >= 11 is 0.